The number of benzene rings is 2. The van der Waals surface area contributed by atoms with Gasteiger partial charge in [-0.3, -0.25) is 9.69 Å². The number of para-hydroxylation sites is 2. The molecule has 1 fully saturated rings. The zero-order valence-corrected chi connectivity index (χ0v) is 21.4. The smallest absolute Gasteiger partial charge is 0.266 e. The number of rotatable bonds is 12. The molecule has 2 aromatic rings. The van der Waals surface area contributed by atoms with E-state index >= 15 is 0 Å². The number of carbonyl (C=O) groups is 1. The summed E-state index contributed by atoms with van der Waals surface area (Å²) >= 11 is 13.1. The predicted octanol–water partition coefficient (Wildman–Crippen LogP) is 5.98. The summed E-state index contributed by atoms with van der Waals surface area (Å²) in [5.41, 5.74) is 0.722. The Kier molecular flexibility index (Phi) is 9.68. The topological polar surface area (TPSA) is 57.2 Å². The summed E-state index contributed by atoms with van der Waals surface area (Å²) in [5, 5.41) is 0.393. The van der Waals surface area contributed by atoms with Gasteiger partial charge in [0.1, 0.15) is 4.32 Å². The molecule has 0 atom stereocenters. The van der Waals surface area contributed by atoms with Gasteiger partial charge in [-0.15, -0.1) is 6.58 Å². The summed E-state index contributed by atoms with van der Waals surface area (Å²) in [4.78, 5) is 14.6. The number of halogens is 1. The van der Waals surface area contributed by atoms with Crippen LogP contribution in [0.1, 0.15) is 18.9 Å². The van der Waals surface area contributed by atoms with Crippen molar-refractivity contribution in [1.82, 2.24) is 4.90 Å². The number of hydrogen-bond acceptors (Lipinski definition) is 7. The van der Waals surface area contributed by atoms with Crippen molar-refractivity contribution in [1.29, 1.82) is 0 Å². The molecule has 0 bridgehead atoms. The summed E-state index contributed by atoms with van der Waals surface area (Å²) < 4.78 is 23.3. The fraction of sp³-hybridized carbons (Fsp3) is 0.280. The maximum Gasteiger partial charge on any atom is 0.266 e. The van der Waals surface area contributed by atoms with Crippen LogP contribution in [0.15, 0.2) is 54.0 Å². The minimum atomic E-state index is -0.153. The second kappa shape index (κ2) is 12.7. The largest absolute Gasteiger partial charge is 0.493 e. The average Bonchev–Trinajstić information content (AvgIpc) is 3.08. The number of thioether (sulfide) groups is 1. The van der Waals surface area contributed by atoms with E-state index < -0.39 is 0 Å². The molecule has 1 heterocycles. The van der Waals surface area contributed by atoms with Gasteiger partial charge in [0.25, 0.3) is 5.91 Å². The fourth-order valence-corrected chi connectivity index (χ4v) is 4.71. The molecular formula is C25H26ClNO5S2. The molecule has 34 heavy (non-hydrogen) atoms. The van der Waals surface area contributed by atoms with Gasteiger partial charge in [-0.05, 0) is 42.8 Å². The molecule has 0 N–H and O–H groups in total. The van der Waals surface area contributed by atoms with E-state index in [9.17, 15) is 4.79 Å². The van der Waals surface area contributed by atoms with Gasteiger partial charge in [-0.2, -0.15) is 0 Å². The zero-order chi connectivity index (χ0) is 24.5. The van der Waals surface area contributed by atoms with Crippen molar-refractivity contribution in [3.63, 3.8) is 0 Å². The van der Waals surface area contributed by atoms with Gasteiger partial charge in [0.05, 0.1) is 36.9 Å². The SMILES string of the molecule is C=CCN1C(=O)C(=Cc2cc(Cl)c(OCCCOc3ccccc3OC)c(OCC)c2)SC1=S. The van der Waals surface area contributed by atoms with Gasteiger partial charge < -0.3 is 18.9 Å². The van der Waals surface area contributed by atoms with Gasteiger partial charge in [0.2, 0.25) is 0 Å². The van der Waals surface area contributed by atoms with Crippen molar-refractivity contribution in [3.05, 3.63) is 64.5 Å². The number of nitrogens with zero attached hydrogens (tertiary/aromatic N) is 1. The Bertz CT molecular complexity index is 1090. The lowest BCUT2D eigenvalue weighted by molar-refractivity contribution is -0.121. The highest BCUT2D eigenvalue weighted by atomic mass is 35.5. The molecule has 0 radical (unpaired) electrons. The van der Waals surface area contributed by atoms with Crippen LogP contribution in [0.25, 0.3) is 6.08 Å². The molecule has 1 saturated heterocycles. The highest BCUT2D eigenvalue weighted by Crippen LogP contribution is 2.39. The van der Waals surface area contributed by atoms with Crippen LogP contribution in [0.2, 0.25) is 5.02 Å². The molecule has 1 amide bonds. The first kappa shape index (κ1) is 25.9. The monoisotopic (exact) mass is 519 g/mol. The zero-order valence-electron chi connectivity index (χ0n) is 19.0. The minimum absolute atomic E-state index is 0.153. The standard InChI is InChI=1S/C25H26ClNO5S2/c1-4-11-27-24(28)22(34-25(27)33)16-17-14-18(26)23(21(15-17)30-5-2)32-13-8-12-31-20-10-7-6-9-19(20)29-3/h4,6-7,9-10,14-16H,1,5,8,11-13H2,2-3H3. The second-order valence-electron chi connectivity index (χ2n) is 7.05. The molecular weight excluding hydrogens is 494 g/mol. The first-order valence-corrected chi connectivity index (χ1v) is 12.3. The van der Waals surface area contributed by atoms with Crippen molar-refractivity contribution in [2.75, 3.05) is 33.5 Å². The van der Waals surface area contributed by atoms with Gasteiger partial charge in [0, 0.05) is 13.0 Å². The first-order valence-electron chi connectivity index (χ1n) is 10.7. The third-order valence-electron chi connectivity index (χ3n) is 4.68. The Morgan fingerprint density at radius 1 is 1.12 bits per heavy atom. The van der Waals surface area contributed by atoms with Crippen LogP contribution < -0.4 is 18.9 Å². The maximum atomic E-state index is 12.6. The summed E-state index contributed by atoms with van der Waals surface area (Å²) in [7, 11) is 1.61. The Morgan fingerprint density at radius 2 is 1.85 bits per heavy atom. The van der Waals surface area contributed by atoms with Crippen LogP contribution in [-0.2, 0) is 4.79 Å². The van der Waals surface area contributed by atoms with E-state index in [0.29, 0.717) is 70.0 Å². The lowest BCUT2D eigenvalue weighted by atomic mass is 10.1. The number of amides is 1. The molecule has 3 rings (SSSR count). The van der Waals surface area contributed by atoms with Crippen molar-refractivity contribution < 1.29 is 23.7 Å². The molecule has 0 aromatic heterocycles. The Labute approximate surface area is 214 Å². The van der Waals surface area contributed by atoms with Crippen molar-refractivity contribution in [2.45, 2.75) is 13.3 Å². The van der Waals surface area contributed by atoms with Crippen LogP contribution in [0.5, 0.6) is 23.0 Å². The normalized spacial score (nSPS) is 14.4. The Balaban J connectivity index is 1.66. The van der Waals surface area contributed by atoms with Gasteiger partial charge in [-0.1, -0.05) is 53.8 Å². The van der Waals surface area contributed by atoms with Gasteiger partial charge in [-0.25, -0.2) is 0 Å². The highest BCUT2D eigenvalue weighted by Gasteiger charge is 2.31. The third-order valence-corrected chi connectivity index (χ3v) is 6.33. The molecule has 0 unspecified atom stereocenters. The van der Waals surface area contributed by atoms with E-state index in [-0.39, 0.29) is 5.91 Å². The van der Waals surface area contributed by atoms with E-state index in [0.717, 1.165) is 5.56 Å². The van der Waals surface area contributed by atoms with Crippen LogP contribution >= 0.6 is 35.6 Å². The molecule has 0 aliphatic carbocycles. The maximum absolute atomic E-state index is 12.6. The van der Waals surface area contributed by atoms with Gasteiger partial charge >= 0.3 is 0 Å². The Morgan fingerprint density at radius 3 is 2.56 bits per heavy atom. The lowest BCUT2D eigenvalue weighted by Crippen LogP contribution is -2.27. The average molecular weight is 520 g/mol. The molecule has 0 spiro atoms. The number of methoxy groups -OCH3 is 1. The van der Waals surface area contributed by atoms with E-state index in [1.54, 1.807) is 31.4 Å². The van der Waals surface area contributed by atoms with Crippen LogP contribution in [0.4, 0.5) is 0 Å². The molecule has 0 saturated carbocycles. The van der Waals surface area contributed by atoms with Crippen molar-refractivity contribution in [2.24, 2.45) is 0 Å². The molecule has 180 valence electrons. The van der Waals surface area contributed by atoms with E-state index in [1.165, 1.54) is 16.7 Å². The van der Waals surface area contributed by atoms with Crippen LogP contribution in [-0.4, -0.2) is 48.6 Å². The quantitative estimate of drug-likeness (QED) is 0.148. The lowest BCUT2D eigenvalue weighted by Gasteiger charge is -2.15. The minimum Gasteiger partial charge on any atom is -0.493 e. The Hall–Kier alpha value is -2.68. The summed E-state index contributed by atoms with van der Waals surface area (Å²) in [6.07, 6.45) is 4.03. The van der Waals surface area contributed by atoms with Crippen LogP contribution in [0.3, 0.4) is 0 Å². The molecule has 1 aliphatic heterocycles. The summed E-state index contributed by atoms with van der Waals surface area (Å²) in [5.74, 6) is 2.17. The predicted molar refractivity (Wildman–Crippen MR) is 141 cm³/mol. The highest BCUT2D eigenvalue weighted by molar-refractivity contribution is 8.26. The number of ether oxygens (including phenoxy) is 4. The number of hydrogen-bond donors (Lipinski definition) is 0. The van der Waals surface area contributed by atoms with E-state index in [4.69, 9.17) is 42.8 Å². The van der Waals surface area contributed by atoms with Crippen molar-refractivity contribution in [3.8, 4) is 23.0 Å². The molecule has 9 heteroatoms. The third kappa shape index (κ3) is 6.46. The van der Waals surface area contributed by atoms with Crippen LogP contribution in [0, 0.1) is 0 Å². The summed E-state index contributed by atoms with van der Waals surface area (Å²) in [6.45, 7) is 7.20. The summed E-state index contributed by atoms with van der Waals surface area (Å²) in [6, 6.07) is 11.0. The second-order valence-corrected chi connectivity index (χ2v) is 9.13. The van der Waals surface area contributed by atoms with Gasteiger partial charge in [0.15, 0.2) is 23.0 Å². The van der Waals surface area contributed by atoms with E-state index in [1.807, 2.05) is 31.2 Å². The number of carbonyl (C=O) groups excluding carboxylic acids is 1. The molecule has 2 aromatic carbocycles. The molecule has 6 nitrogen and oxygen atoms in total. The molecule has 1 aliphatic rings. The number of thiocarbonyl (C=S) groups is 1. The van der Waals surface area contributed by atoms with Crippen molar-refractivity contribution >= 4 is 51.9 Å². The fourth-order valence-electron chi connectivity index (χ4n) is 3.17. The first-order chi connectivity index (χ1) is 16.5. The van der Waals surface area contributed by atoms with E-state index in [2.05, 4.69) is 6.58 Å².